The quantitative estimate of drug-likeness (QED) is 0.253. The number of thiazole rings is 1. The molecule has 1 unspecified atom stereocenters. The summed E-state index contributed by atoms with van der Waals surface area (Å²) in [5, 5.41) is 0.738. The van der Waals surface area contributed by atoms with Crippen molar-refractivity contribution in [2.45, 2.75) is 43.6 Å². The molecule has 1 fully saturated rings. The minimum atomic E-state index is 0.0774. The number of aromatic nitrogens is 1. The summed E-state index contributed by atoms with van der Waals surface area (Å²) >= 11 is 3.29. The van der Waals surface area contributed by atoms with Crippen LogP contribution in [-0.4, -0.2) is 49.6 Å². The second-order valence-electron chi connectivity index (χ2n) is 7.83. The zero-order valence-corrected chi connectivity index (χ0v) is 20.8. The lowest BCUT2D eigenvalue weighted by molar-refractivity contribution is -0.119. The van der Waals surface area contributed by atoms with Crippen molar-refractivity contribution in [1.82, 2.24) is 4.98 Å². The van der Waals surface area contributed by atoms with Crippen LogP contribution < -0.4 is 14.4 Å². The summed E-state index contributed by atoms with van der Waals surface area (Å²) < 4.78 is 17.7. The minimum Gasteiger partial charge on any atom is -0.497 e. The molecule has 1 aliphatic rings. The molecule has 0 saturated carbocycles. The Morgan fingerprint density at radius 3 is 2.79 bits per heavy atom. The topological polar surface area (TPSA) is 60.9 Å². The molecule has 0 aliphatic carbocycles. The number of hydrogen-bond acceptors (Lipinski definition) is 7. The van der Waals surface area contributed by atoms with Crippen molar-refractivity contribution in [3.8, 4) is 11.5 Å². The van der Waals surface area contributed by atoms with E-state index in [2.05, 4.69) is 0 Å². The zero-order valence-electron chi connectivity index (χ0n) is 19.1. The number of anilines is 1. The average Bonchev–Trinajstić information content (AvgIpc) is 3.50. The second kappa shape index (κ2) is 11.7. The standard InChI is InChI=1S/C25H30N2O4S2/c1-3-30-19-10-13-22-23(16-19)33-25(26-22)27(17-20-6-4-14-31-20)24(28)7-5-15-32-21-11-8-18(29-2)9-12-21/h8-13,16,20H,3-7,14-15,17H2,1-2H3. The number of carbonyl (C=O) groups excluding carboxylic acids is 1. The molecule has 0 radical (unpaired) electrons. The van der Waals surface area contributed by atoms with Crippen LogP contribution in [0.5, 0.6) is 11.5 Å². The van der Waals surface area contributed by atoms with Gasteiger partial charge in [0.25, 0.3) is 0 Å². The van der Waals surface area contributed by atoms with E-state index in [1.807, 2.05) is 54.3 Å². The largest absolute Gasteiger partial charge is 0.497 e. The van der Waals surface area contributed by atoms with Crippen molar-refractivity contribution < 1.29 is 19.0 Å². The summed E-state index contributed by atoms with van der Waals surface area (Å²) in [6.07, 6.45) is 3.39. The summed E-state index contributed by atoms with van der Waals surface area (Å²) in [4.78, 5) is 21.0. The third kappa shape index (κ3) is 6.40. The van der Waals surface area contributed by atoms with E-state index in [0.29, 0.717) is 19.6 Å². The van der Waals surface area contributed by atoms with Crippen LogP contribution in [0, 0.1) is 0 Å². The van der Waals surface area contributed by atoms with E-state index in [4.69, 9.17) is 19.2 Å². The van der Waals surface area contributed by atoms with Gasteiger partial charge in [0.05, 0.1) is 36.6 Å². The van der Waals surface area contributed by atoms with Gasteiger partial charge in [-0.05, 0) is 74.4 Å². The van der Waals surface area contributed by atoms with Gasteiger partial charge in [-0.1, -0.05) is 11.3 Å². The molecular formula is C25H30N2O4S2. The molecule has 0 N–H and O–H groups in total. The minimum absolute atomic E-state index is 0.0774. The van der Waals surface area contributed by atoms with Crippen molar-refractivity contribution in [2.24, 2.45) is 0 Å². The first-order chi connectivity index (χ1) is 16.2. The predicted molar refractivity (Wildman–Crippen MR) is 135 cm³/mol. The maximum atomic E-state index is 13.3. The number of hydrogen-bond donors (Lipinski definition) is 0. The summed E-state index contributed by atoms with van der Waals surface area (Å²) in [6, 6.07) is 13.9. The molecule has 3 aromatic rings. The summed E-state index contributed by atoms with van der Waals surface area (Å²) in [6.45, 7) is 3.91. The summed E-state index contributed by atoms with van der Waals surface area (Å²) in [5.41, 5.74) is 0.888. The number of benzene rings is 2. The van der Waals surface area contributed by atoms with Gasteiger partial charge in [0.1, 0.15) is 11.5 Å². The Morgan fingerprint density at radius 2 is 2.06 bits per heavy atom. The SMILES string of the molecule is CCOc1ccc2nc(N(CC3CCCO3)C(=O)CCCSc3ccc(OC)cc3)sc2c1. The smallest absolute Gasteiger partial charge is 0.228 e. The molecule has 8 heteroatoms. The number of methoxy groups -OCH3 is 1. The van der Waals surface area contributed by atoms with Gasteiger partial charge in [-0.2, -0.15) is 0 Å². The van der Waals surface area contributed by atoms with Crippen LogP contribution in [0.2, 0.25) is 0 Å². The first-order valence-corrected chi connectivity index (χ1v) is 13.2. The number of amides is 1. The lowest BCUT2D eigenvalue weighted by atomic mass is 10.2. The van der Waals surface area contributed by atoms with E-state index >= 15 is 0 Å². The van der Waals surface area contributed by atoms with Gasteiger partial charge < -0.3 is 14.2 Å². The highest BCUT2D eigenvalue weighted by atomic mass is 32.2. The lowest BCUT2D eigenvalue weighted by Crippen LogP contribution is -2.37. The maximum Gasteiger partial charge on any atom is 0.228 e. The number of thioether (sulfide) groups is 1. The van der Waals surface area contributed by atoms with Crippen LogP contribution in [0.1, 0.15) is 32.6 Å². The van der Waals surface area contributed by atoms with Gasteiger partial charge in [0.2, 0.25) is 5.91 Å². The number of fused-ring (bicyclic) bond motifs is 1. The molecule has 1 aliphatic heterocycles. The van der Waals surface area contributed by atoms with Crippen LogP contribution in [0.3, 0.4) is 0 Å². The molecule has 2 aromatic carbocycles. The number of carbonyl (C=O) groups is 1. The molecular weight excluding hydrogens is 456 g/mol. The lowest BCUT2D eigenvalue weighted by Gasteiger charge is -2.23. The first-order valence-electron chi connectivity index (χ1n) is 11.4. The Bertz CT molecular complexity index is 1050. The molecule has 6 nitrogen and oxygen atoms in total. The average molecular weight is 487 g/mol. The highest BCUT2D eigenvalue weighted by Gasteiger charge is 2.26. The Kier molecular flexibility index (Phi) is 8.47. The third-order valence-electron chi connectivity index (χ3n) is 5.46. The van der Waals surface area contributed by atoms with Crippen molar-refractivity contribution in [3.63, 3.8) is 0 Å². The molecule has 4 rings (SSSR count). The van der Waals surface area contributed by atoms with Crippen molar-refractivity contribution in [1.29, 1.82) is 0 Å². The van der Waals surface area contributed by atoms with Crippen molar-refractivity contribution in [2.75, 3.05) is 37.5 Å². The number of nitrogens with zero attached hydrogens (tertiary/aromatic N) is 2. The summed E-state index contributed by atoms with van der Waals surface area (Å²) in [7, 11) is 1.67. The zero-order chi connectivity index (χ0) is 23.0. The van der Waals surface area contributed by atoms with Crippen LogP contribution in [0.4, 0.5) is 5.13 Å². The van der Waals surface area contributed by atoms with E-state index in [1.165, 1.54) is 16.2 Å². The highest BCUT2D eigenvalue weighted by Crippen LogP contribution is 2.33. The Balaban J connectivity index is 1.41. The second-order valence-corrected chi connectivity index (χ2v) is 10.0. The van der Waals surface area contributed by atoms with Crippen LogP contribution in [-0.2, 0) is 9.53 Å². The Morgan fingerprint density at radius 1 is 1.24 bits per heavy atom. The molecule has 1 atom stereocenters. The van der Waals surface area contributed by atoms with Crippen LogP contribution in [0.15, 0.2) is 47.4 Å². The van der Waals surface area contributed by atoms with E-state index in [1.54, 1.807) is 18.9 Å². The van der Waals surface area contributed by atoms with E-state index in [9.17, 15) is 4.79 Å². The number of ether oxygens (including phenoxy) is 3. The van der Waals surface area contributed by atoms with Gasteiger partial charge in [-0.3, -0.25) is 9.69 Å². The third-order valence-corrected chi connectivity index (χ3v) is 7.60. The molecule has 0 bridgehead atoms. The van der Waals surface area contributed by atoms with Gasteiger partial charge in [0, 0.05) is 17.9 Å². The summed E-state index contributed by atoms with van der Waals surface area (Å²) in [5.74, 6) is 2.66. The highest BCUT2D eigenvalue weighted by molar-refractivity contribution is 7.99. The van der Waals surface area contributed by atoms with Gasteiger partial charge in [-0.15, -0.1) is 11.8 Å². The molecule has 1 amide bonds. The van der Waals surface area contributed by atoms with Crippen LogP contribution in [0.25, 0.3) is 10.2 Å². The van der Waals surface area contributed by atoms with E-state index in [-0.39, 0.29) is 12.0 Å². The fraction of sp³-hybridized carbons (Fsp3) is 0.440. The van der Waals surface area contributed by atoms with Crippen molar-refractivity contribution in [3.05, 3.63) is 42.5 Å². The Hall–Kier alpha value is -2.29. The fourth-order valence-electron chi connectivity index (χ4n) is 3.76. The van der Waals surface area contributed by atoms with Gasteiger partial charge in [-0.25, -0.2) is 4.98 Å². The maximum absolute atomic E-state index is 13.3. The molecule has 1 saturated heterocycles. The Labute approximate surface area is 203 Å². The van der Waals surface area contributed by atoms with Gasteiger partial charge in [0.15, 0.2) is 5.13 Å². The molecule has 1 aromatic heterocycles. The van der Waals surface area contributed by atoms with E-state index < -0.39 is 0 Å². The molecule has 176 valence electrons. The van der Waals surface area contributed by atoms with Crippen LogP contribution >= 0.6 is 23.1 Å². The monoisotopic (exact) mass is 486 g/mol. The predicted octanol–water partition coefficient (Wildman–Crippen LogP) is 5.79. The molecule has 0 spiro atoms. The van der Waals surface area contributed by atoms with Gasteiger partial charge >= 0.3 is 0 Å². The van der Waals surface area contributed by atoms with Crippen molar-refractivity contribution >= 4 is 44.4 Å². The number of rotatable bonds is 11. The molecule has 2 heterocycles. The normalized spacial score (nSPS) is 15.6. The molecule has 33 heavy (non-hydrogen) atoms. The van der Waals surface area contributed by atoms with E-state index in [0.717, 1.165) is 58.5 Å². The fourth-order valence-corrected chi connectivity index (χ4v) is 5.64. The first kappa shape index (κ1) is 23.9.